The summed E-state index contributed by atoms with van der Waals surface area (Å²) in [5, 5.41) is 0. The fourth-order valence-corrected chi connectivity index (χ4v) is 3.09. The van der Waals surface area contributed by atoms with Gasteiger partial charge in [-0.25, -0.2) is 0 Å². The van der Waals surface area contributed by atoms with Crippen LogP contribution in [0, 0.1) is 19.8 Å². The molecule has 1 aromatic rings. The van der Waals surface area contributed by atoms with Gasteiger partial charge in [-0.2, -0.15) is 0 Å². The summed E-state index contributed by atoms with van der Waals surface area (Å²) in [5.74, 6) is 0.880. The highest BCUT2D eigenvalue weighted by molar-refractivity contribution is 6.02. The van der Waals surface area contributed by atoms with Gasteiger partial charge in [0.2, 0.25) is 0 Å². The van der Waals surface area contributed by atoms with Crippen molar-refractivity contribution in [2.75, 3.05) is 6.61 Å². The summed E-state index contributed by atoms with van der Waals surface area (Å²) in [4.78, 5) is 13.0. The van der Waals surface area contributed by atoms with Crippen LogP contribution in [-0.4, -0.2) is 18.0 Å². The van der Waals surface area contributed by atoms with E-state index in [2.05, 4.69) is 20.8 Å². The van der Waals surface area contributed by atoms with Gasteiger partial charge in [0.15, 0.2) is 5.78 Å². The van der Waals surface area contributed by atoms with E-state index in [-0.39, 0.29) is 5.78 Å². The maximum absolute atomic E-state index is 13.0. The van der Waals surface area contributed by atoms with Gasteiger partial charge in [0.1, 0.15) is 5.60 Å². The van der Waals surface area contributed by atoms with Gasteiger partial charge in [-0.1, -0.05) is 19.1 Å². The summed E-state index contributed by atoms with van der Waals surface area (Å²) in [6, 6.07) is 5.99. The Hall–Kier alpha value is -1.15. The maximum Gasteiger partial charge on any atom is 0.194 e. The number of carbonyl (C=O) groups excluding carboxylic acids is 1. The molecule has 1 saturated carbocycles. The quantitative estimate of drug-likeness (QED) is 0.757. The first-order valence-corrected chi connectivity index (χ1v) is 7.74. The third-order valence-electron chi connectivity index (χ3n) is 4.69. The normalized spacial score (nSPS) is 26.5. The molecule has 110 valence electrons. The molecule has 0 saturated heterocycles. The highest BCUT2D eigenvalue weighted by Crippen LogP contribution is 2.37. The standard InChI is InChI=1S/C18H26O2/c1-5-20-18(10-8-13(2)9-11-18)17(19)16-7-6-14(3)15(4)12-16/h6-7,12-13H,5,8-11H2,1-4H3. The van der Waals surface area contributed by atoms with Crippen LogP contribution in [0.2, 0.25) is 0 Å². The number of carbonyl (C=O) groups is 1. The SMILES string of the molecule is CCOC1(C(=O)c2ccc(C)c(C)c2)CCC(C)CC1. The van der Waals surface area contributed by atoms with Crippen molar-refractivity contribution in [1.29, 1.82) is 0 Å². The van der Waals surface area contributed by atoms with E-state index >= 15 is 0 Å². The molecule has 0 spiro atoms. The van der Waals surface area contributed by atoms with Crippen LogP contribution in [0.3, 0.4) is 0 Å². The van der Waals surface area contributed by atoms with Crippen molar-refractivity contribution in [3.63, 3.8) is 0 Å². The molecule has 0 N–H and O–H groups in total. The largest absolute Gasteiger partial charge is 0.367 e. The lowest BCUT2D eigenvalue weighted by Crippen LogP contribution is -2.44. The smallest absolute Gasteiger partial charge is 0.194 e. The number of aryl methyl sites for hydroxylation is 2. The van der Waals surface area contributed by atoms with Crippen LogP contribution in [0.1, 0.15) is 61.0 Å². The molecular weight excluding hydrogens is 248 g/mol. The Morgan fingerprint density at radius 1 is 1.25 bits per heavy atom. The average Bonchev–Trinajstić information content (AvgIpc) is 2.44. The molecular formula is C18H26O2. The fourth-order valence-electron chi connectivity index (χ4n) is 3.09. The summed E-state index contributed by atoms with van der Waals surface area (Å²) < 4.78 is 5.96. The van der Waals surface area contributed by atoms with E-state index in [0.29, 0.717) is 12.5 Å². The van der Waals surface area contributed by atoms with Crippen LogP contribution in [0.25, 0.3) is 0 Å². The van der Waals surface area contributed by atoms with Crippen molar-refractivity contribution in [3.8, 4) is 0 Å². The van der Waals surface area contributed by atoms with Crippen molar-refractivity contribution in [3.05, 3.63) is 34.9 Å². The van der Waals surface area contributed by atoms with E-state index in [1.54, 1.807) is 0 Å². The molecule has 0 heterocycles. The van der Waals surface area contributed by atoms with Crippen LogP contribution >= 0.6 is 0 Å². The van der Waals surface area contributed by atoms with E-state index in [4.69, 9.17) is 4.74 Å². The minimum atomic E-state index is -0.580. The van der Waals surface area contributed by atoms with Crippen molar-refractivity contribution in [2.45, 2.75) is 59.0 Å². The summed E-state index contributed by atoms with van der Waals surface area (Å²) in [6.07, 6.45) is 3.87. The zero-order valence-corrected chi connectivity index (χ0v) is 13.2. The van der Waals surface area contributed by atoms with Crippen LogP contribution in [-0.2, 0) is 4.74 Å². The summed E-state index contributed by atoms with van der Waals surface area (Å²) >= 11 is 0. The Balaban J connectivity index is 2.29. The van der Waals surface area contributed by atoms with Crippen molar-refractivity contribution in [2.24, 2.45) is 5.92 Å². The molecule has 20 heavy (non-hydrogen) atoms. The monoisotopic (exact) mass is 274 g/mol. The number of hydrogen-bond acceptors (Lipinski definition) is 2. The lowest BCUT2D eigenvalue weighted by Gasteiger charge is -2.38. The summed E-state index contributed by atoms with van der Waals surface area (Å²) in [5.41, 5.74) is 2.62. The number of Topliss-reactive ketones (excluding diaryl/α,β-unsaturated/α-hetero) is 1. The molecule has 0 aromatic heterocycles. The Kier molecular flexibility index (Phi) is 4.64. The first kappa shape index (κ1) is 15.2. The van der Waals surface area contributed by atoms with Crippen LogP contribution in [0.15, 0.2) is 18.2 Å². The number of ether oxygens (including phenoxy) is 1. The number of ketones is 1. The first-order chi connectivity index (χ1) is 9.48. The molecule has 0 amide bonds. The van der Waals surface area contributed by atoms with Gasteiger partial charge >= 0.3 is 0 Å². The molecule has 1 aliphatic rings. The molecule has 1 aromatic carbocycles. The Labute approximate surface area is 122 Å². The minimum absolute atomic E-state index is 0.175. The van der Waals surface area contributed by atoms with E-state index in [1.165, 1.54) is 11.1 Å². The number of hydrogen-bond donors (Lipinski definition) is 0. The topological polar surface area (TPSA) is 26.3 Å². The van der Waals surface area contributed by atoms with E-state index < -0.39 is 5.60 Å². The zero-order valence-electron chi connectivity index (χ0n) is 13.2. The van der Waals surface area contributed by atoms with Crippen LogP contribution < -0.4 is 0 Å². The van der Waals surface area contributed by atoms with Crippen molar-refractivity contribution in [1.82, 2.24) is 0 Å². The Morgan fingerprint density at radius 2 is 1.90 bits per heavy atom. The Bertz CT molecular complexity index is 482. The second-order valence-electron chi connectivity index (χ2n) is 6.24. The maximum atomic E-state index is 13.0. The van der Waals surface area contributed by atoms with Gasteiger partial charge in [0.25, 0.3) is 0 Å². The van der Waals surface area contributed by atoms with Crippen molar-refractivity contribution >= 4 is 5.78 Å². The average molecular weight is 274 g/mol. The summed E-state index contributed by atoms with van der Waals surface area (Å²) in [7, 11) is 0. The number of rotatable bonds is 4. The second-order valence-corrected chi connectivity index (χ2v) is 6.24. The second kappa shape index (κ2) is 6.09. The molecule has 1 fully saturated rings. The van der Waals surface area contributed by atoms with Crippen LogP contribution in [0.4, 0.5) is 0 Å². The summed E-state index contributed by atoms with van der Waals surface area (Å²) in [6.45, 7) is 8.97. The van der Waals surface area contributed by atoms with Gasteiger partial charge in [-0.05, 0) is 69.6 Å². The van der Waals surface area contributed by atoms with Crippen molar-refractivity contribution < 1.29 is 9.53 Å². The Morgan fingerprint density at radius 3 is 2.45 bits per heavy atom. The van der Waals surface area contributed by atoms with Gasteiger partial charge < -0.3 is 4.74 Å². The molecule has 0 atom stereocenters. The molecule has 2 heteroatoms. The molecule has 0 unspecified atom stereocenters. The number of benzene rings is 1. The van der Waals surface area contributed by atoms with E-state index in [9.17, 15) is 4.79 Å². The zero-order chi connectivity index (χ0) is 14.8. The highest BCUT2D eigenvalue weighted by atomic mass is 16.5. The fraction of sp³-hybridized carbons (Fsp3) is 0.611. The minimum Gasteiger partial charge on any atom is -0.367 e. The third kappa shape index (κ3) is 2.95. The van der Waals surface area contributed by atoms with Gasteiger partial charge in [-0.3, -0.25) is 4.79 Å². The third-order valence-corrected chi connectivity index (χ3v) is 4.69. The van der Waals surface area contributed by atoms with Gasteiger partial charge in [0.05, 0.1) is 0 Å². The lowest BCUT2D eigenvalue weighted by atomic mass is 9.75. The first-order valence-electron chi connectivity index (χ1n) is 7.74. The van der Waals surface area contributed by atoms with E-state index in [1.807, 2.05) is 25.1 Å². The lowest BCUT2D eigenvalue weighted by molar-refractivity contribution is -0.0474. The molecule has 1 aliphatic carbocycles. The molecule has 0 radical (unpaired) electrons. The predicted molar refractivity (Wildman–Crippen MR) is 82.2 cm³/mol. The molecule has 0 aliphatic heterocycles. The predicted octanol–water partition coefficient (Wildman–Crippen LogP) is 4.47. The molecule has 2 nitrogen and oxygen atoms in total. The van der Waals surface area contributed by atoms with Gasteiger partial charge in [0, 0.05) is 12.2 Å². The van der Waals surface area contributed by atoms with Crippen LogP contribution in [0.5, 0.6) is 0 Å². The molecule has 2 rings (SSSR count). The van der Waals surface area contributed by atoms with Gasteiger partial charge in [-0.15, -0.1) is 0 Å². The highest BCUT2D eigenvalue weighted by Gasteiger charge is 2.42. The van der Waals surface area contributed by atoms with E-state index in [0.717, 1.165) is 31.2 Å². The molecule has 0 bridgehead atoms.